The van der Waals surface area contributed by atoms with E-state index in [0.717, 1.165) is 46.2 Å². The number of amides is 5. The van der Waals surface area contributed by atoms with E-state index in [9.17, 15) is 48.6 Å². The number of ketones is 2. The fourth-order valence-corrected chi connectivity index (χ4v) is 17.6. The Kier molecular flexibility index (Phi) is 29.7. The first-order chi connectivity index (χ1) is 63.6. The molecular formula is C105H104N5O21+. The maximum atomic E-state index is 12.9. The van der Waals surface area contributed by atoms with Crippen LogP contribution in [0.1, 0.15) is 155 Å². The van der Waals surface area contributed by atoms with Gasteiger partial charge in [0.25, 0.3) is 11.8 Å². The lowest BCUT2D eigenvalue weighted by molar-refractivity contribution is -0.451. The summed E-state index contributed by atoms with van der Waals surface area (Å²) in [5.74, 6) is 3.85. The number of hydrogen-bond donors (Lipinski definition) is 5. The van der Waals surface area contributed by atoms with Crippen LogP contribution in [0.3, 0.4) is 0 Å². The van der Waals surface area contributed by atoms with Crippen molar-refractivity contribution in [3.8, 4) is 57.5 Å². The molecule has 11 aromatic carbocycles. The first kappa shape index (κ1) is 91.3. The fourth-order valence-electron chi connectivity index (χ4n) is 17.6. The molecule has 5 N–H and O–H groups in total. The summed E-state index contributed by atoms with van der Waals surface area (Å²) in [6, 6.07) is 81.5. The lowest BCUT2D eigenvalue weighted by atomic mass is 9.76. The van der Waals surface area contributed by atoms with Gasteiger partial charge in [-0.3, -0.25) is 34.1 Å². The van der Waals surface area contributed by atoms with Gasteiger partial charge in [0.1, 0.15) is 94.7 Å². The fraction of sp³-hybridized carbons (Fsp3) is 0.286. The molecular weight excluding hydrogens is 1670 g/mol. The third-order valence-corrected chi connectivity index (χ3v) is 24.4. The van der Waals surface area contributed by atoms with Gasteiger partial charge in [0.05, 0.1) is 38.3 Å². The minimum atomic E-state index is -1.09. The molecule has 2 unspecified atom stereocenters. The van der Waals surface area contributed by atoms with Crippen molar-refractivity contribution >= 4 is 53.3 Å². The number of carboxylic acids is 1. The molecule has 18 rings (SSSR count). The molecule has 0 bridgehead atoms. The number of aliphatic carboxylic acids is 1. The van der Waals surface area contributed by atoms with Crippen LogP contribution in [0.15, 0.2) is 255 Å². The molecule has 1 saturated heterocycles. The predicted molar refractivity (Wildman–Crippen MR) is 487 cm³/mol. The number of aryl methyl sites for hydroxylation is 1. The molecule has 8 atom stereocenters. The zero-order valence-corrected chi connectivity index (χ0v) is 73.4. The summed E-state index contributed by atoms with van der Waals surface area (Å²) in [7, 11) is 6.81. The second-order valence-electron chi connectivity index (χ2n) is 33.0. The number of phenols is 2. The number of fused-ring (bicyclic) bond motifs is 5. The minimum absolute atomic E-state index is 0.0237. The van der Waals surface area contributed by atoms with E-state index >= 15 is 0 Å². The lowest BCUT2D eigenvalue weighted by Gasteiger charge is -2.34. The Balaban J connectivity index is 0.000000141. The Labute approximate surface area is 759 Å². The van der Waals surface area contributed by atoms with Gasteiger partial charge in [-0.25, -0.2) is 9.59 Å². The van der Waals surface area contributed by atoms with Gasteiger partial charge in [-0.05, 0) is 156 Å². The van der Waals surface area contributed by atoms with Gasteiger partial charge in [0.15, 0.2) is 25.7 Å². The standard InChI is InChI=1S/C40H36N2O8.C26H28O4.C24H25NO3.C15H14N2O6/c1-41(38(46)24-49-31-13-15-32-27(19-31)22-42(40(32)47)35-16-10-28(43)20-36(35)45)17-18-48-30-11-7-26(8-12-30)39-33-14-9-29(44)21-37(33)50-23-34(39)25-5-3-2-4-6-25;1-18-9-14-22-24(15-18)30-16-23(19-7-5-4-6-8-19)26(22)20-10-12-21(13-11-20)29-17-25(27-2)28-3;1-25-13-14-27-20-10-7-18(8-11-20)24-21-12-9-19(26)15-23(21)28-16-22(24)17-5-3-2-4-6-17;18-12-4-3-11(14(21)16-12)17-6-8-5-9(23-7-13(19)20)1-2-10(8)15(17)22/h2-9,11-15,19,21-22,34-35,39H,10,16-18,20,23-24H2,1H3;4-15,23,25-26H,16-17H2,1-3H3;2-12,15,22,24-26H,13-14,16H2,1H3;1-2,5,11H,3-4,6-7H2,(H,19,20)(H,16,18,21)/p+1/t34-,35?,39-;23-,26-;22-,24-;/m111./s1. The number of nitrogens with one attached hydrogen (secondary N) is 2. The molecule has 131 heavy (non-hydrogen) atoms. The van der Waals surface area contributed by atoms with Crippen molar-refractivity contribution in [3.63, 3.8) is 0 Å². The first-order valence-electron chi connectivity index (χ1n) is 43.7. The molecule has 26 nitrogen and oxygen atoms in total. The van der Waals surface area contributed by atoms with Crippen LogP contribution in [0.2, 0.25) is 0 Å². The van der Waals surface area contributed by atoms with Crippen molar-refractivity contribution in [2.75, 3.05) is 94.3 Å². The smallest absolute Gasteiger partial charge is 0.420 e. The number of imide groups is 1. The zero-order valence-electron chi connectivity index (χ0n) is 73.4. The quantitative estimate of drug-likeness (QED) is 0.0105. The van der Waals surface area contributed by atoms with Crippen LogP contribution in [0, 0.1) is 6.92 Å². The number of carbonyl (C=O) groups is 8. The summed E-state index contributed by atoms with van der Waals surface area (Å²) in [5, 5.41) is 33.8. The summed E-state index contributed by atoms with van der Waals surface area (Å²) in [6.45, 7) is 5.81. The van der Waals surface area contributed by atoms with Crippen LogP contribution in [0.4, 0.5) is 0 Å². The number of carboxylic acid groups (broad SMARTS) is 1. The Morgan fingerprint density at radius 2 is 1.01 bits per heavy atom. The highest BCUT2D eigenvalue weighted by Gasteiger charge is 2.45. The van der Waals surface area contributed by atoms with Gasteiger partial charge >= 0.3 is 11.9 Å². The molecule has 2 fully saturated rings. The average molecular weight is 1770 g/mol. The van der Waals surface area contributed by atoms with Crippen LogP contribution in [-0.4, -0.2) is 196 Å². The number of benzene rings is 11. The summed E-state index contributed by atoms with van der Waals surface area (Å²) in [5.41, 5.74) is 14.0. The third-order valence-electron chi connectivity index (χ3n) is 24.4. The second kappa shape index (κ2) is 42.6. The molecule has 7 aliphatic rings. The van der Waals surface area contributed by atoms with Crippen LogP contribution in [-0.2, 0) is 44.8 Å². The van der Waals surface area contributed by atoms with Crippen molar-refractivity contribution in [1.29, 1.82) is 0 Å². The van der Waals surface area contributed by atoms with E-state index in [2.05, 4.69) is 139 Å². The Morgan fingerprint density at radius 1 is 0.527 bits per heavy atom. The zero-order chi connectivity index (χ0) is 91.6. The van der Waals surface area contributed by atoms with Crippen molar-refractivity contribution in [3.05, 3.63) is 333 Å². The van der Waals surface area contributed by atoms with Crippen molar-refractivity contribution < 1.29 is 106 Å². The SMILES string of the molecule is CN(CCOc1ccc([C@@H]2c3ccc(O)cc3OC[C@@H]2c2ccccc2)cc1)C(=O)COc1ccc2c(c1)C=[N+](C1CCC(=O)CC1=O)C2=O.CNCCOc1ccc([C@@H]2c3ccc(O)cc3OC[C@@H]2c2ccccc2)cc1.COC(COc1ccc([C@@H]2c3ccc(C)cc3OC[C@@H]2c2ccccc2)cc1)OC.O=C(O)COc1ccc2c(c1)CN(C1CCC(=O)NC1=O)C2=O. The average Bonchev–Trinajstić information content (AvgIpc) is 1.77. The molecule has 674 valence electrons. The third kappa shape index (κ3) is 22.1. The number of phenolic OH excluding ortho intramolecular Hbond substituents is 2. The number of piperidine rings is 1. The van der Waals surface area contributed by atoms with Crippen LogP contribution in [0.5, 0.6) is 57.5 Å². The molecule has 0 aromatic heterocycles. The molecule has 6 heterocycles. The number of methoxy groups -OCH3 is 2. The number of rotatable bonds is 27. The highest BCUT2D eigenvalue weighted by atomic mass is 16.7. The molecule has 0 radical (unpaired) electrons. The lowest BCUT2D eigenvalue weighted by Crippen LogP contribution is -2.52. The molecule has 1 aliphatic carbocycles. The first-order valence-corrected chi connectivity index (χ1v) is 43.7. The number of likely N-dealkylation sites (N-methyl/N-ethyl adjacent to an activating group) is 2. The van der Waals surface area contributed by atoms with E-state index in [-0.39, 0.29) is 128 Å². The normalized spacial score (nSPS) is 19.0. The Hall–Kier alpha value is -14.5. The summed E-state index contributed by atoms with van der Waals surface area (Å²) >= 11 is 0. The van der Waals surface area contributed by atoms with Gasteiger partial charge in [-0.1, -0.05) is 152 Å². The predicted octanol–water partition coefficient (Wildman–Crippen LogP) is 14.4. The van der Waals surface area contributed by atoms with Gasteiger partial charge < -0.3 is 77.8 Å². The Bertz CT molecular complexity index is 5950. The van der Waals surface area contributed by atoms with Gasteiger partial charge in [0.2, 0.25) is 23.6 Å². The maximum Gasteiger partial charge on any atom is 0.420 e. The summed E-state index contributed by atoms with van der Waals surface area (Å²) in [4.78, 5) is 98.8. The number of nitrogens with zero attached hydrogens (tertiary/aromatic N) is 3. The molecule has 0 spiro atoms. The topological polar surface area (TPSA) is 323 Å². The minimum Gasteiger partial charge on any atom is -0.508 e. The molecule has 6 aliphatic heterocycles. The van der Waals surface area contributed by atoms with Gasteiger partial charge in [-0.2, -0.15) is 4.58 Å². The highest BCUT2D eigenvalue weighted by molar-refractivity contribution is 6.09. The van der Waals surface area contributed by atoms with Crippen LogP contribution in [0.25, 0.3) is 0 Å². The van der Waals surface area contributed by atoms with E-state index in [1.165, 1.54) is 59.4 Å². The molecule has 26 heteroatoms. The number of aromatic hydroxyl groups is 2. The van der Waals surface area contributed by atoms with E-state index < -0.39 is 30.6 Å². The van der Waals surface area contributed by atoms with Crippen molar-refractivity contribution in [2.45, 2.75) is 99.5 Å². The van der Waals surface area contributed by atoms with E-state index in [4.69, 9.17) is 52.5 Å². The number of Topliss-reactive ketones (excluding diaryl/α,β-unsaturated/α-hetero) is 2. The molecule has 11 aromatic rings. The largest absolute Gasteiger partial charge is 0.508 e. The van der Waals surface area contributed by atoms with Gasteiger partial charge in [0, 0.05) is 124 Å². The van der Waals surface area contributed by atoms with E-state index in [1.807, 2.05) is 79.8 Å². The molecule has 5 amide bonds. The van der Waals surface area contributed by atoms with Crippen LogP contribution >= 0.6 is 0 Å². The number of carbonyl (C=O) groups excluding carboxylic acids is 7. The van der Waals surface area contributed by atoms with Crippen molar-refractivity contribution in [1.82, 2.24) is 20.4 Å². The second-order valence-corrected chi connectivity index (χ2v) is 33.0. The number of hydrogen-bond acceptors (Lipinski definition) is 21. The Morgan fingerprint density at radius 3 is 1.51 bits per heavy atom. The molecule has 1 saturated carbocycles. The maximum absolute atomic E-state index is 12.9. The monoisotopic (exact) mass is 1770 g/mol. The van der Waals surface area contributed by atoms with Gasteiger partial charge in [-0.15, -0.1) is 0 Å². The summed E-state index contributed by atoms with van der Waals surface area (Å²) in [6.07, 6.45) is 2.20. The van der Waals surface area contributed by atoms with E-state index in [1.54, 1.807) is 82.1 Å². The van der Waals surface area contributed by atoms with E-state index in [0.29, 0.717) is 97.7 Å². The summed E-state index contributed by atoms with van der Waals surface area (Å²) < 4.78 is 58.5. The van der Waals surface area contributed by atoms with Crippen LogP contribution < -0.4 is 48.5 Å². The number of ether oxygens (including phenoxy) is 10. The van der Waals surface area contributed by atoms with Crippen molar-refractivity contribution in [2.24, 2.45) is 0 Å². The highest BCUT2D eigenvalue weighted by Crippen LogP contribution is 2.51.